The quantitative estimate of drug-likeness (QED) is 0.765. The molecule has 0 fully saturated rings. The number of aryl methyl sites for hydroxylation is 1. The molecule has 0 aliphatic rings. The van der Waals surface area contributed by atoms with E-state index < -0.39 is 0 Å². The van der Waals surface area contributed by atoms with Gasteiger partial charge in [0.2, 0.25) is 5.78 Å². The molecular weight excluding hydrogens is 274 g/mol. The maximum atomic E-state index is 12.6. The molecule has 2 rings (SSSR count). The molecule has 108 valence electrons. The zero-order valence-electron chi connectivity index (χ0n) is 12.2. The Balaban J connectivity index is 2.33. The van der Waals surface area contributed by atoms with Gasteiger partial charge in [-0.1, -0.05) is 0 Å². The molecule has 0 atom stereocenters. The number of hydrogen-bond donors (Lipinski definition) is 0. The number of carbonyl (C=O) groups is 1. The number of nitrogens with zero attached hydrogens (tertiary/aromatic N) is 3. The van der Waals surface area contributed by atoms with E-state index in [1.165, 1.54) is 11.3 Å². The molecule has 0 aliphatic heterocycles. The highest BCUT2D eigenvalue weighted by Crippen LogP contribution is 2.25. The lowest BCUT2D eigenvalue weighted by molar-refractivity contribution is 0.102. The van der Waals surface area contributed by atoms with Crippen LogP contribution in [0.2, 0.25) is 0 Å². The van der Waals surface area contributed by atoms with E-state index in [0.717, 1.165) is 11.4 Å². The van der Waals surface area contributed by atoms with Gasteiger partial charge in [-0.15, -0.1) is 11.3 Å². The van der Waals surface area contributed by atoms with Crippen LogP contribution in [-0.2, 0) is 6.54 Å². The normalized spacial score (nSPS) is 11.1. The van der Waals surface area contributed by atoms with E-state index in [2.05, 4.69) is 10.00 Å². The lowest BCUT2D eigenvalue weighted by Gasteiger charge is -2.11. The van der Waals surface area contributed by atoms with Crippen LogP contribution < -0.4 is 4.74 Å². The monoisotopic (exact) mass is 293 g/mol. The van der Waals surface area contributed by atoms with Crippen LogP contribution in [-0.4, -0.2) is 48.2 Å². The van der Waals surface area contributed by atoms with Crippen LogP contribution in [0.5, 0.6) is 5.75 Å². The van der Waals surface area contributed by atoms with Crippen molar-refractivity contribution >= 4 is 17.1 Å². The molecule has 0 N–H and O–H groups in total. The Kier molecular flexibility index (Phi) is 4.57. The van der Waals surface area contributed by atoms with E-state index >= 15 is 0 Å². The van der Waals surface area contributed by atoms with Gasteiger partial charge in [-0.05, 0) is 33.2 Å². The molecule has 0 aliphatic carbocycles. The van der Waals surface area contributed by atoms with Crippen molar-refractivity contribution in [3.05, 3.63) is 33.8 Å². The summed E-state index contributed by atoms with van der Waals surface area (Å²) in [7, 11) is 5.54. The molecule has 0 bridgehead atoms. The number of hydrogen-bond acceptors (Lipinski definition) is 5. The average Bonchev–Trinajstić information content (AvgIpc) is 3.01. The lowest BCUT2D eigenvalue weighted by atomic mass is 10.2. The van der Waals surface area contributed by atoms with Crippen molar-refractivity contribution in [1.82, 2.24) is 14.7 Å². The molecule has 0 unspecified atom stereocenters. The summed E-state index contributed by atoms with van der Waals surface area (Å²) < 4.78 is 6.99. The third-order valence-corrected chi connectivity index (χ3v) is 3.96. The van der Waals surface area contributed by atoms with Crippen LogP contribution in [0.4, 0.5) is 0 Å². The molecule has 2 heterocycles. The number of rotatable bonds is 6. The first kappa shape index (κ1) is 14.7. The maximum absolute atomic E-state index is 12.6. The van der Waals surface area contributed by atoms with Crippen molar-refractivity contribution in [2.75, 3.05) is 27.7 Å². The summed E-state index contributed by atoms with van der Waals surface area (Å²) in [4.78, 5) is 16.5. The first-order valence-electron chi connectivity index (χ1n) is 6.38. The maximum Gasteiger partial charge on any atom is 0.224 e. The fourth-order valence-electron chi connectivity index (χ4n) is 1.88. The Hall–Kier alpha value is -1.66. The fourth-order valence-corrected chi connectivity index (χ4v) is 2.69. The van der Waals surface area contributed by atoms with E-state index in [0.29, 0.717) is 22.9 Å². The highest BCUT2D eigenvalue weighted by Gasteiger charge is 2.22. The van der Waals surface area contributed by atoms with Crippen molar-refractivity contribution in [3.8, 4) is 5.75 Å². The third kappa shape index (κ3) is 3.08. The van der Waals surface area contributed by atoms with Gasteiger partial charge in [-0.25, -0.2) is 0 Å². The number of methoxy groups -OCH3 is 1. The van der Waals surface area contributed by atoms with Gasteiger partial charge in [0, 0.05) is 11.4 Å². The summed E-state index contributed by atoms with van der Waals surface area (Å²) in [6.07, 6.45) is 1.60. The summed E-state index contributed by atoms with van der Waals surface area (Å²) in [6, 6.07) is 3.80. The van der Waals surface area contributed by atoms with Gasteiger partial charge < -0.3 is 9.64 Å². The molecule has 2 aromatic heterocycles. The average molecular weight is 293 g/mol. The number of thiophene rings is 1. The molecule has 0 spiro atoms. The van der Waals surface area contributed by atoms with Crippen LogP contribution in [0.25, 0.3) is 0 Å². The van der Waals surface area contributed by atoms with Crippen molar-refractivity contribution in [2.45, 2.75) is 13.5 Å². The topological polar surface area (TPSA) is 47.4 Å². The second-order valence-corrected chi connectivity index (χ2v) is 6.12. The van der Waals surface area contributed by atoms with Gasteiger partial charge in [-0.3, -0.25) is 9.48 Å². The van der Waals surface area contributed by atoms with Crippen LogP contribution in [0, 0.1) is 6.92 Å². The fraction of sp³-hybridized carbons (Fsp3) is 0.429. The van der Waals surface area contributed by atoms with Crippen LogP contribution in [0.15, 0.2) is 18.3 Å². The van der Waals surface area contributed by atoms with Crippen molar-refractivity contribution in [2.24, 2.45) is 0 Å². The zero-order chi connectivity index (χ0) is 14.7. The summed E-state index contributed by atoms with van der Waals surface area (Å²) in [5.41, 5.74) is 0.524. The van der Waals surface area contributed by atoms with Crippen LogP contribution >= 0.6 is 11.3 Å². The zero-order valence-corrected chi connectivity index (χ0v) is 13.0. The van der Waals surface area contributed by atoms with Gasteiger partial charge in [0.25, 0.3) is 0 Å². The molecule has 5 nitrogen and oxygen atoms in total. The summed E-state index contributed by atoms with van der Waals surface area (Å²) in [6.45, 7) is 3.46. The number of likely N-dealkylation sites (N-methyl/N-ethyl adjacent to an activating group) is 1. The van der Waals surface area contributed by atoms with E-state index in [-0.39, 0.29) is 5.78 Å². The minimum absolute atomic E-state index is 0.0313. The largest absolute Gasteiger partial charge is 0.493 e. The number of ether oxygens (including phenoxy) is 1. The minimum atomic E-state index is -0.0313. The number of carbonyl (C=O) groups excluding carboxylic acids is 1. The highest BCUT2D eigenvalue weighted by molar-refractivity contribution is 7.14. The molecule has 6 heteroatoms. The van der Waals surface area contributed by atoms with Gasteiger partial charge in [-0.2, -0.15) is 5.10 Å². The van der Waals surface area contributed by atoms with Crippen molar-refractivity contribution in [1.29, 1.82) is 0 Å². The summed E-state index contributed by atoms with van der Waals surface area (Å²) >= 11 is 1.49. The first-order valence-corrected chi connectivity index (χ1v) is 7.20. The SMILES string of the molecule is COc1cnn(CCN(C)C)c1C(=O)c1ccc(C)s1. The lowest BCUT2D eigenvalue weighted by Crippen LogP contribution is -2.21. The predicted octanol–water partition coefficient (Wildman–Crippen LogP) is 2.05. The van der Waals surface area contributed by atoms with Gasteiger partial charge >= 0.3 is 0 Å². The highest BCUT2D eigenvalue weighted by atomic mass is 32.1. The Morgan fingerprint density at radius 1 is 1.45 bits per heavy atom. The second-order valence-electron chi connectivity index (χ2n) is 4.83. The molecule has 20 heavy (non-hydrogen) atoms. The van der Waals surface area contributed by atoms with Gasteiger partial charge in [0.15, 0.2) is 11.4 Å². The summed E-state index contributed by atoms with van der Waals surface area (Å²) in [5.74, 6) is 0.496. The molecule has 2 aromatic rings. The molecule has 0 radical (unpaired) electrons. The van der Waals surface area contributed by atoms with Gasteiger partial charge in [0.05, 0.1) is 24.7 Å². The van der Waals surface area contributed by atoms with Crippen molar-refractivity contribution < 1.29 is 9.53 Å². The second kappa shape index (κ2) is 6.19. The van der Waals surface area contributed by atoms with Crippen LogP contribution in [0.1, 0.15) is 20.2 Å². The Morgan fingerprint density at radius 3 is 2.75 bits per heavy atom. The smallest absolute Gasteiger partial charge is 0.224 e. The van der Waals surface area contributed by atoms with E-state index in [4.69, 9.17) is 4.74 Å². The first-order chi connectivity index (χ1) is 9.52. The van der Waals surface area contributed by atoms with Crippen molar-refractivity contribution in [3.63, 3.8) is 0 Å². The number of ketones is 1. The summed E-state index contributed by atoms with van der Waals surface area (Å²) in [5, 5.41) is 4.26. The molecule has 0 aromatic carbocycles. The molecule has 0 saturated carbocycles. The Labute approximate surface area is 122 Å². The minimum Gasteiger partial charge on any atom is -0.493 e. The third-order valence-electron chi connectivity index (χ3n) is 2.96. The molecule has 0 amide bonds. The predicted molar refractivity (Wildman–Crippen MR) is 79.8 cm³/mol. The van der Waals surface area contributed by atoms with Crippen LogP contribution in [0.3, 0.4) is 0 Å². The molecule has 0 saturated heterocycles. The Morgan fingerprint density at radius 2 is 2.20 bits per heavy atom. The van der Waals surface area contributed by atoms with E-state index in [1.807, 2.05) is 33.2 Å². The standard InChI is InChI=1S/C14H19N3O2S/c1-10-5-6-12(20-10)14(18)13-11(19-4)9-15-17(13)8-7-16(2)3/h5-6,9H,7-8H2,1-4H3. The van der Waals surface area contributed by atoms with E-state index in [9.17, 15) is 4.79 Å². The molecular formula is C14H19N3O2S. The van der Waals surface area contributed by atoms with Gasteiger partial charge in [0.1, 0.15) is 0 Å². The van der Waals surface area contributed by atoms with E-state index in [1.54, 1.807) is 18.0 Å². The Bertz CT molecular complexity index is 601. The number of aromatic nitrogens is 2.